The molecule has 2 aromatic rings. The Morgan fingerprint density at radius 2 is 1.85 bits per heavy atom. The predicted octanol–water partition coefficient (Wildman–Crippen LogP) is 4.89. The lowest BCUT2D eigenvalue weighted by Gasteiger charge is -2.35. The molecule has 1 aromatic carbocycles. The molecule has 2 rings (SSSR count). The Labute approximate surface area is 206 Å². The number of nitrogens with zero attached hydrogens (tertiary/aromatic N) is 2. The summed E-state index contributed by atoms with van der Waals surface area (Å²) in [5, 5.41) is 9.80. The van der Waals surface area contributed by atoms with Crippen LogP contribution in [0.2, 0.25) is 5.02 Å². The van der Waals surface area contributed by atoms with Crippen LogP contribution < -0.4 is 10.6 Å². The summed E-state index contributed by atoms with van der Waals surface area (Å²) in [5.74, 6) is -0.0296. The fraction of sp³-hybridized carbons (Fsp3) is 0.520. The predicted molar refractivity (Wildman–Crippen MR) is 132 cm³/mol. The minimum atomic E-state index is -0.921. The molecule has 0 fully saturated rings. The maximum atomic E-state index is 13.5. The summed E-state index contributed by atoms with van der Waals surface area (Å²) in [6, 6.07) is 7.70. The highest BCUT2D eigenvalue weighted by atomic mass is 35.5. The molecule has 8 nitrogen and oxygen atoms in total. The highest BCUT2D eigenvalue weighted by molar-refractivity contribution is 6.31. The second kappa shape index (κ2) is 12.0. The molecule has 3 amide bonds. The summed E-state index contributed by atoms with van der Waals surface area (Å²) in [4.78, 5) is 40.8. The molecule has 0 spiro atoms. The van der Waals surface area contributed by atoms with Crippen LogP contribution in [0.25, 0.3) is 0 Å². The molecule has 0 aliphatic carbocycles. The molecule has 0 aliphatic heterocycles. The number of hydrogen-bond donors (Lipinski definition) is 2. The molecule has 186 valence electrons. The van der Waals surface area contributed by atoms with Crippen LogP contribution in [0, 0.1) is 12.8 Å². The Balaban J connectivity index is 2.29. The van der Waals surface area contributed by atoms with Gasteiger partial charge in [-0.3, -0.25) is 14.4 Å². The van der Waals surface area contributed by atoms with Crippen molar-refractivity contribution in [3.05, 3.63) is 46.7 Å². The van der Waals surface area contributed by atoms with Gasteiger partial charge in [-0.15, -0.1) is 0 Å². The number of carbonyl (C=O) groups is 3. The third kappa shape index (κ3) is 7.87. The first-order valence-electron chi connectivity index (χ1n) is 11.5. The van der Waals surface area contributed by atoms with Crippen molar-refractivity contribution in [2.24, 2.45) is 5.92 Å². The molecule has 2 N–H and O–H groups in total. The third-order valence-corrected chi connectivity index (χ3v) is 5.79. The molecule has 0 bridgehead atoms. The standard InChI is InChI=1S/C25H35ClN4O4/c1-7-25(5,6)28-24(33)23(18-10-8-9-11-19(18)26)30(15-16(2)3)22(32)13-12-21(31)27-20-14-17(4)34-29-20/h8-11,14,16,23H,7,12-13,15H2,1-6H3,(H,28,33)(H,27,29,31). The largest absolute Gasteiger partial charge is 0.360 e. The Hall–Kier alpha value is -2.87. The van der Waals surface area contributed by atoms with E-state index in [0.29, 0.717) is 35.1 Å². The van der Waals surface area contributed by atoms with Crippen LogP contribution in [0.15, 0.2) is 34.9 Å². The van der Waals surface area contributed by atoms with Gasteiger partial charge in [-0.05, 0) is 39.2 Å². The monoisotopic (exact) mass is 490 g/mol. The quantitative estimate of drug-likeness (QED) is 0.466. The molecule has 0 saturated carbocycles. The van der Waals surface area contributed by atoms with E-state index in [2.05, 4.69) is 15.8 Å². The third-order valence-electron chi connectivity index (χ3n) is 5.45. The van der Waals surface area contributed by atoms with Gasteiger partial charge in [-0.1, -0.05) is 55.7 Å². The summed E-state index contributed by atoms with van der Waals surface area (Å²) < 4.78 is 4.94. The van der Waals surface area contributed by atoms with Crippen molar-refractivity contribution < 1.29 is 18.9 Å². The summed E-state index contributed by atoms with van der Waals surface area (Å²) in [6.07, 6.45) is 0.589. The van der Waals surface area contributed by atoms with Crippen molar-refractivity contribution in [1.82, 2.24) is 15.4 Å². The molecular formula is C25H35ClN4O4. The van der Waals surface area contributed by atoms with Gasteiger partial charge in [-0.2, -0.15) is 0 Å². The first-order valence-corrected chi connectivity index (χ1v) is 11.9. The van der Waals surface area contributed by atoms with Gasteiger partial charge >= 0.3 is 0 Å². The van der Waals surface area contributed by atoms with Crippen LogP contribution in [0.4, 0.5) is 5.82 Å². The summed E-state index contributed by atoms with van der Waals surface area (Å²) in [7, 11) is 0. The number of halogens is 1. The Morgan fingerprint density at radius 3 is 2.41 bits per heavy atom. The SMILES string of the molecule is CCC(C)(C)NC(=O)C(c1ccccc1Cl)N(CC(C)C)C(=O)CCC(=O)Nc1cc(C)on1. The average Bonchev–Trinajstić information content (AvgIpc) is 3.16. The van der Waals surface area contributed by atoms with E-state index in [9.17, 15) is 14.4 Å². The minimum Gasteiger partial charge on any atom is -0.360 e. The number of hydrogen-bond acceptors (Lipinski definition) is 5. The van der Waals surface area contributed by atoms with E-state index in [1.165, 1.54) is 4.90 Å². The number of nitrogens with one attached hydrogen (secondary N) is 2. The van der Waals surface area contributed by atoms with Gasteiger partial charge in [0.2, 0.25) is 17.7 Å². The van der Waals surface area contributed by atoms with Crippen molar-refractivity contribution in [3.63, 3.8) is 0 Å². The van der Waals surface area contributed by atoms with Gasteiger partial charge < -0.3 is 20.1 Å². The van der Waals surface area contributed by atoms with Gasteiger partial charge in [0.25, 0.3) is 0 Å². The number of aryl methyl sites for hydroxylation is 1. The molecule has 0 saturated heterocycles. The molecule has 1 atom stereocenters. The Kier molecular flexibility index (Phi) is 9.67. The van der Waals surface area contributed by atoms with Crippen molar-refractivity contribution in [1.29, 1.82) is 0 Å². The molecule has 34 heavy (non-hydrogen) atoms. The maximum absolute atomic E-state index is 13.5. The van der Waals surface area contributed by atoms with E-state index in [-0.39, 0.29) is 36.5 Å². The Morgan fingerprint density at radius 1 is 1.18 bits per heavy atom. The van der Waals surface area contributed by atoms with Crippen LogP contribution in [-0.2, 0) is 14.4 Å². The van der Waals surface area contributed by atoms with Gasteiger partial charge in [-0.25, -0.2) is 0 Å². The molecule has 1 unspecified atom stereocenters. The lowest BCUT2D eigenvalue weighted by molar-refractivity contribution is -0.142. The molecule has 0 aliphatic rings. The Bertz CT molecular complexity index is 1000. The fourth-order valence-electron chi connectivity index (χ4n) is 3.38. The molecule has 1 heterocycles. The number of aromatic nitrogens is 1. The van der Waals surface area contributed by atoms with E-state index in [4.69, 9.17) is 16.1 Å². The van der Waals surface area contributed by atoms with E-state index >= 15 is 0 Å². The summed E-state index contributed by atoms with van der Waals surface area (Å²) >= 11 is 6.48. The molecule has 1 aromatic heterocycles. The topological polar surface area (TPSA) is 105 Å². The van der Waals surface area contributed by atoms with Gasteiger partial charge in [0.1, 0.15) is 11.8 Å². The average molecular weight is 491 g/mol. The van der Waals surface area contributed by atoms with E-state index < -0.39 is 11.6 Å². The van der Waals surface area contributed by atoms with Crippen LogP contribution in [0.3, 0.4) is 0 Å². The van der Waals surface area contributed by atoms with E-state index in [1.54, 1.807) is 37.3 Å². The highest BCUT2D eigenvalue weighted by Crippen LogP contribution is 2.30. The lowest BCUT2D eigenvalue weighted by atomic mass is 9.97. The zero-order valence-corrected chi connectivity index (χ0v) is 21.5. The smallest absolute Gasteiger partial charge is 0.247 e. The van der Waals surface area contributed by atoms with E-state index in [1.807, 2.05) is 34.6 Å². The number of anilines is 1. The van der Waals surface area contributed by atoms with Crippen molar-refractivity contribution in [2.45, 2.75) is 72.4 Å². The van der Waals surface area contributed by atoms with Gasteiger partial charge in [0.15, 0.2) is 5.82 Å². The number of carbonyl (C=O) groups excluding carboxylic acids is 3. The van der Waals surface area contributed by atoms with Gasteiger partial charge in [0, 0.05) is 41.6 Å². The first kappa shape index (κ1) is 27.4. The summed E-state index contributed by atoms with van der Waals surface area (Å²) in [6.45, 7) is 11.8. The fourth-order valence-corrected chi connectivity index (χ4v) is 3.62. The van der Waals surface area contributed by atoms with Gasteiger partial charge in [0.05, 0.1) is 0 Å². The van der Waals surface area contributed by atoms with Crippen LogP contribution in [-0.4, -0.2) is 39.9 Å². The zero-order chi connectivity index (χ0) is 25.5. The van der Waals surface area contributed by atoms with Crippen molar-refractivity contribution in [2.75, 3.05) is 11.9 Å². The van der Waals surface area contributed by atoms with Crippen LogP contribution in [0.1, 0.15) is 71.2 Å². The number of amides is 3. The minimum absolute atomic E-state index is 0.0589. The first-order chi connectivity index (χ1) is 15.9. The zero-order valence-electron chi connectivity index (χ0n) is 20.8. The number of benzene rings is 1. The second-order valence-corrected chi connectivity index (χ2v) is 9.87. The highest BCUT2D eigenvalue weighted by Gasteiger charge is 2.35. The maximum Gasteiger partial charge on any atom is 0.247 e. The number of rotatable bonds is 11. The summed E-state index contributed by atoms with van der Waals surface area (Å²) in [5.41, 5.74) is 0.0868. The molecular weight excluding hydrogens is 456 g/mol. The normalized spacial score (nSPS) is 12.4. The van der Waals surface area contributed by atoms with Crippen LogP contribution in [0.5, 0.6) is 0 Å². The van der Waals surface area contributed by atoms with Crippen LogP contribution >= 0.6 is 11.6 Å². The molecule has 9 heteroatoms. The van der Waals surface area contributed by atoms with Crippen molar-refractivity contribution >= 4 is 35.1 Å². The van der Waals surface area contributed by atoms with E-state index in [0.717, 1.165) is 0 Å². The second-order valence-electron chi connectivity index (χ2n) is 9.46. The van der Waals surface area contributed by atoms with Crippen molar-refractivity contribution in [3.8, 4) is 0 Å². The molecule has 0 radical (unpaired) electrons. The lowest BCUT2D eigenvalue weighted by Crippen LogP contribution is -2.51.